The van der Waals surface area contributed by atoms with Gasteiger partial charge < -0.3 is 9.42 Å². The molecule has 0 spiro atoms. The van der Waals surface area contributed by atoms with Gasteiger partial charge in [0.2, 0.25) is 5.91 Å². The van der Waals surface area contributed by atoms with E-state index in [0.717, 1.165) is 48.7 Å². The molecular weight excluding hydrogens is 260 g/mol. The highest BCUT2D eigenvalue weighted by atomic mass is 32.2. The highest BCUT2D eigenvalue weighted by Gasteiger charge is 2.13. The number of thioether (sulfide) groups is 1. The minimum atomic E-state index is 0.237. The van der Waals surface area contributed by atoms with E-state index in [4.69, 9.17) is 4.52 Å². The quantitative estimate of drug-likeness (QED) is 0.735. The summed E-state index contributed by atoms with van der Waals surface area (Å²) in [5.74, 6) is 2.42. The van der Waals surface area contributed by atoms with Crippen LogP contribution in [-0.4, -0.2) is 34.8 Å². The number of hydrogen-bond acceptors (Lipinski definition) is 4. The highest BCUT2D eigenvalue weighted by molar-refractivity contribution is 7.99. The molecule has 0 aliphatic rings. The van der Waals surface area contributed by atoms with Gasteiger partial charge in [0, 0.05) is 24.4 Å². The van der Waals surface area contributed by atoms with Crippen molar-refractivity contribution in [3.8, 4) is 0 Å². The Morgan fingerprint density at radius 3 is 2.37 bits per heavy atom. The average Bonchev–Trinajstić information content (AvgIpc) is 2.70. The van der Waals surface area contributed by atoms with E-state index in [1.54, 1.807) is 11.8 Å². The first-order valence-electron chi connectivity index (χ1n) is 6.87. The van der Waals surface area contributed by atoms with Crippen molar-refractivity contribution in [2.45, 2.75) is 46.3 Å². The van der Waals surface area contributed by atoms with Crippen LogP contribution >= 0.6 is 11.8 Å². The van der Waals surface area contributed by atoms with E-state index in [9.17, 15) is 4.79 Å². The first kappa shape index (κ1) is 16.1. The fourth-order valence-electron chi connectivity index (χ4n) is 1.94. The molecule has 0 atom stereocenters. The van der Waals surface area contributed by atoms with Crippen molar-refractivity contribution in [3.05, 3.63) is 17.0 Å². The lowest BCUT2D eigenvalue weighted by molar-refractivity contribution is -0.128. The van der Waals surface area contributed by atoms with E-state index < -0.39 is 0 Å². The summed E-state index contributed by atoms with van der Waals surface area (Å²) in [5, 5.41) is 3.92. The molecule has 0 N–H and O–H groups in total. The van der Waals surface area contributed by atoms with Gasteiger partial charge in [-0.3, -0.25) is 4.79 Å². The van der Waals surface area contributed by atoms with Gasteiger partial charge in [-0.2, -0.15) is 0 Å². The smallest absolute Gasteiger partial charge is 0.232 e. The van der Waals surface area contributed by atoms with Crippen LogP contribution < -0.4 is 0 Å². The van der Waals surface area contributed by atoms with Gasteiger partial charge in [-0.1, -0.05) is 19.0 Å². The SMILES string of the molecule is CCCN(CCC)C(=O)CSCc1c(C)noc1C. The second-order valence-electron chi connectivity index (χ2n) is 4.68. The molecule has 0 unspecified atom stereocenters. The van der Waals surface area contributed by atoms with Crippen molar-refractivity contribution < 1.29 is 9.32 Å². The van der Waals surface area contributed by atoms with Crippen LogP contribution in [0.1, 0.15) is 43.7 Å². The van der Waals surface area contributed by atoms with Crippen LogP contribution in [0.5, 0.6) is 0 Å². The Morgan fingerprint density at radius 2 is 1.89 bits per heavy atom. The molecule has 1 amide bonds. The Kier molecular flexibility index (Phi) is 6.99. The van der Waals surface area contributed by atoms with Crippen LogP contribution in [0, 0.1) is 13.8 Å². The number of carbonyl (C=O) groups excluding carboxylic acids is 1. The molecular formula is C14H24N2O2S. The highest BCUT2D eigenvalue weighted by Crippen LogP contribution is 2.19. The number of rotatable bonds is 8. The molecule has 108 valence electrons. The zero-order valence-corrected chi connectivity index (χ0v) is 13.2. The summed E-state index contributed by atoms with van der Waals surface area (Å²) in [7, 11) is 0. The number of aryl methyl sites for hydroxylation is 2. The number of amides is 1. The Hall–Kier alpha value is -0.970. The first-order valence-corrected chi connectivity index (χ1v) is 8.02. The maximum absolute atomic E-state index is 12.1. The summed E-state index contributed by atoms with van der Waals surface area (Å²) in [5.41, 5.74) is 2.05. The van der Waals surface area contributed by atoms with E-state index in [1.807, 2.05) is 18.7 Å². The van der Waals surface area contributed by atoms with E-state index in [-0.39, 0.29) is 5.91 Å². The lowest BCUT2D eigenvalue weighted by atomic mass is 10.2. The molecule has 0 radical (unpaired) electrons. The van der Waals surface area contributed by atoms with Crippen molar-refractivity contribution in [2.24, 2.45) is 0 Å². The van der Waals surface area contributed by atoms with Crippen LogP contribution in [0.2, 0.25) is 0 Å². The number of aromatic nitrogens is 1. The van der Waals surface area contributed by atoms with Gasteiger partial charge >= 0.3 is 0 Å². The van der Waals surface area contributed by atoms with E-state index in [1.165, 1.54) is 0 Å². The summed E-state index contributed by atoms with van der Waals surface area (Å²) in [6.45, 7) is 9.78. The molecule has 0 aliphatic heterocycles. The van der Waals surface area contributed by atoms with Crippen LogP contribution in [0.25, 0.3) is 0 Å². The lowest BCUT2D eigenvalue weighted by Crippen LogP contribution is -2.33. The molecule has 19 heavy (non-hydrogen) atoms. The minimum Gasteiger partial charge on any atom is -0.361 e. The molecule has 1 aromatic rings. The van der Waals surface area contributed by atoms with E-state index in [0.29, 0.717) is 5.75 Å². The summed E-state index contributed by atoms with van der Waals surface area (Å²) in [6.07, 6.45) is 2.03. The fourth-order valence-corrected chi connectivity index (χ4v) is 3.02. The zero-order chi connectivity index (χ0) is 14.3. The van der Waals surface area contributed by atoms with E-state index >= 15 is 0 Å². The predicted molar refractivity (Wildman–Crippen MR) is 79.3 cm³/mol. The number of hydrogen-bond donors (Lipinski definition) is 0. The van der Waals surface area contributed by atoms with Gasteiger partial charge in [0.25, 0.3) is 0 Å². The molecule has 4 nitrogen and oxygen atoms in total. The molecule has 0 aromatic carbocycles. The summed E-state index contributed by atoms with van der Waals surface area (Å²) >= 11 is 1.64. The molecule has 0 saturated carbocycles. The Labute approximate surface area is 119 Å². The normalized spacial score (nSPS) is 10.7. The van der Waals surface area contributed by atoms with Crippen molar-refractivity contribution in [1.82, 2.24) is 10.1 Å². The third kappa shape index (κ3) is 4.90. The molecule has 0 bridgehead atoms. The van der Waals surface area contributed by atoms with Crippen molar-refractivity contribution in [1.29, 1.82) is 0 Å². The van der Waals surface area contributed by atoms with Crippen LogP contribution in [0.3, 0.4) is 0 Å². The zero-order valence-electron chi connectivity index (χ0n) is 12.4. The lowest BCUT2D eigenvalue weighted by Gasteiger charge is -2.21. The van der Waals surface area contributed by atoms with Gasteiger partial charge in [0.15, 0.2) is 0 Å². The molecule has 1 heterocycles. The van der Waals surface area contributed by atoms with Gasteiger partial charge in [-0.25, -0.2) is 0 Å². The second-order valence-corrected chi connectivity index (χ2v) is 5.66. The third-order valence-corrected chi connectivity index (χ3v) is 3.94. The fraction of sp³-hybridized carbons (Fsp3) is 0.714. The molecule has 1 rings (SSSR count). The number of carbonyl (C=O) groups is 1. The van der Waals surface area contributed by atoms with Crippen molar-refractivity contribution >= 4 is 17.7 Å². The molecule has 1 aromatic heterocycles. The monoisotopic (exact) mass is 284 g/mol. The van der Waals surface area contributed by atoms with Crippen molar-refractivity contribution in [3.63, 3.8) is 0 Å². The number of nitrogens with zero attached hydrogens (tertiary/aromatic N) is 2. The van der Waals surface area contributed by atoms with Gasteiger partial charge in [-0.05, 0) is 26.7 Å². The Bertz CT molecular complexity index is 379. The topological polar surface area (TPSA) is 46.3 Å². The molecule has 0 fully saturated rings. The first-order chi connectivity index (χ1) is 9.10. The average molecular weight is 284 g/mol. The molecule has 0 saturated heterocycles. The van der Waals surface area contributed by atoms with Crippen LogP contribution in [-0.2, 0) is 10.5 Å². The van der Waals surface area contributed by atoms with Gasteiger partial charge in [0.1, 0.15) is 5.76 Å². The summed E-state index contributed by atoms with van der Waals surface area (Å²) < 4.78 is 5.12. The van der Waals surface area contributed by atoms with Crippen LogP contribution in [0.4, 0.5) is 0 Å². The molecule has 0 aliphatic carbocycles. The Balaban J connectivity index is 2.41. The van der Waals surface area contributed by atoms with Gasteiger partial charge in [-0.15, -0.1) is 11.8 Å². The summed E-state index contributed by atoms with van der Waals surface area (Å²) in [4.78, 5) is 14.0. The minimum absolute atomic E-state index is 0.237. The molecule has 5 heteroatoms. The van der Waals surface area contributed by atoms with Crippen LogP contribution in [0.15, 0.2) is 4.52 Å². The van der Waals surface area contributed by atoms with E-state index in [2.05, 4.69) is 19.0 Å². The third-order valence-electron chi connectivity index (χ3n) is 2.99. The maximum atomic E-state index is 12.1. The largest absolute Gasteiger partial charge is 0.361 e. The standard InChI is InChI=1S/C14H24N2O2S/c1-5-7-16(8-6-2)14(17)10-19-9-13-11(3)15-18-12(13)4/h5-10H2,1-4H3. The predicted octanol–water partition coefficient (Wildman–Crippen LogP) is 3.17. The van der Waals surface area contributed by atoms with Gasteiger partial charge in [0.05, 0.1) is 11.4 Å². The van der Waals surface area contributed by atoms with Crippen molar-refractivity contribution in [2.75, 3.05) is 18.8 Å². The summed E-state index contributed by atoms with van der Waals surface area (Å²) in [6, 6.07) is 0. The second kappa shape index (κ2) is 8.25. The Morgan fingerprint density at radius 1 is 1.26 bits per heavy atom. The maximum Gasteiger partial charge on any atom is 0.232 e.